The van der Waals surface area contributed by atoms with Gasteiger partial charge in [0.25, 0.3) is 0 Å². The highest BCUT2D eigenvalue weighted by Gasteiger charge is 2.30. The van der Waals surface area contributed by atoms with Gasteiger partial charge in [-0.15, -0.1) is 0 Å². The topological polar surface area (TPSA) is 160 Å². The van der Waals surface area contributed by atoms with Gasteiger partial charge in [-0.1, -0.05) is 24.3 Å². The largest absolute Gasteiger partial charge is 0.508 e. The molecule has 0 aliphatic heterocycles. The number of hydrogen-bond donors (Lipinski definition) is 4. The standard InChI is InChI=1S/C26H24O10/c1-13(34-14(2)27)12-20(31)36-26-22(17-6-10-19(30)11-7-17)23(32)25(35-15(3)28)21(24(26)33)16-4-8-18(29)9-5-16/h4-11,13,29-30,32-33H,12H2,1-3H3/t13-/m0/s1. The van der Waals surface area contributed by atoms with Gasteiger partial charge in [0.1, 0.15) is 17.6 Å². The van der Waals surface area contributed by atoms with E-state index >= 15 is 0 Å². The first kappa shape index (κ1) is 25.9. The first-order valence-electron chi connectivity index (χ1n) is 10.7. The summed E-state index contributed by atoms with van der Waals surface area (Å²) in [5, 5.41) is 41.8. The second-order valence-corrected chi connectivity index (χ2v) is 7.89. The van der Waals surface area contributed by atoms with Crippen LogP contribution in [-0.4, -0.2) is 44.4 Å². The quantitative estimate of drug-likeness (QED) is 0.214. The van der Waals surface area contributed by atoms with Gasteiger partial charge in [0.15, 0.2) is 23.0 Å². The lowest BCUT2D eigenvalue weighted by Gasteiger charge is -2.21. The van der Waals surface area contributed by atoms with Crippen molar-refractivity contribution in [3.05, 3.63) is 48.5 Å². The number of aromatic hydroxyl groups is 4. The normalized spacial score (nSPS) is 11.4. The average molecular weight is 496 g/mol. The number of benzene rings is 3. The molecular formula is C26H24O10. The average Bonchev–Trinajstić information content (AvgIpc) is 2.78. The van der Waals surface area contributed by atoms with Crippen LogP contribution in [0.4, 0.5) is 0 Å². The summed E-state index contributed by atoms with van der Waals surface area (Å²) >= 11 is 0. The Morgan fingerprint density at radius 1 is 0.694 bits per heavy atom. The van der Waals surface area contributed by atoms with Gasteiger partial charge >= 0.3 is 17.9 Å². The van der Waals surface area contributed by atoms with Gasteiger partial charge in [-0.05, 0) is 42.3 Å². The van der Waals surface area contributed by atoms with Crippen LogP contribution in [0.1, 0.15) is 27.2 Å². The van der Waals surface area contributed by atoms with E-state index in [1.165, 1.54) is 62.4 Å². The fourth-order valence-corrected chi connectivity index (χ4v) is 3.53. The molecule has 3 rings (SSSR count). The Kier molecular flexibility index (Phi) is 7.68. The number of hydrogen-bond acceptors (Lipinski definition) is 10. The van der Waals surface area contributed by atoms with Gasteiger partial charge in [-0.25, -0.2) is 0 Å². The van der Waals surface area contributed by atoms with Gasteiger partial charge in [0.05, 0.1) is 17.5 Å². The molecule has 0 fully saturated rings. The first-order chi connectivity index (χ1) is 17.0. The SMILES string of the molecule is CC(=O)Oc1c(O)c(-c2ccc(O)cc2)c(OC(=O)C[C@H](C)OC(C)=O)c(O)c1-c1ccc(O)cc1. The number of phenols is 4. The smallest absolute Gasteiger partial charge is 0.315 e. The lowest BCUT2D eigenvalue weighted by atomic mass is 9.95. The van der Waals surface area contributed by atoms with E-state index in [0.29, 0.717) is 0 Å². The number of carbonyl (C=O) groups excluding carboxylic acids is 3. The van der Waals surface area contributed by atoms with Crippen LogP contribution in [0, 0.1) is 0 Å². The number of carbonyl (C=O) groups is 3. The van der Waals surface area contributed by atoms with Crippen LogP contribution in [0.25, 0.3) is 22.3 Å². The van der Waals surface area contributed by atoms with E-state index < -0.39 is 47.0 Å². The Bertz CT molecular complexity index is 1290. The summed E-state index contributed by atoms with van der Waals surface area (Å²) < 4.78 is 15.6. The molecule has 0 unspecified atom stereocenters. The van der Waals surface area contributed by atoms with Gasteiger partial charge in [0.2, 0.25) is 0 Å². The monoisotopic (exact) mass is 496 g/mol. The fourth-order valence-electron chi connectivity index (χ4n) is 3.53. The third-order valence-corrected chi connectivity index (χ3v) is 4.95. The minimum atomic E-state index is -0.893. The highest BCUT2D eigenvalue weighted by molar-refractivity contribution is 5.95. The molecule has 0 amide bonds. The summed E-state index contributed by atoms with van der Waals surface area (Å²) in [6, 6.07) is 10.8. The highest BCUT2D eigenvalue weighted by Crippen LogP contribution is 2.56. The molecule has 36 heavy (non-hydrogen) atoms. The van der Waals surface area contributed by atoms with Crippen molar-refractivity contribution in [3.8, 4) is 56.8 Å². The van der Waals surface area contributed by atoms with Crippen LogP contribution in [0.15, 0.2) is 48.5 Å². The van der Waals surface area contributed by atoms with E-state index in [1.54, 1.807) is 0 Å². The van der Waals surface area contributed by atoms with E-state index in [9.17, 15) is 34.8 Å². The molecule has 0 aromatic heterocycles. The number of esters is 3. The van der Waals surface area contributed by atoms with Crippen molar-refractivity contribution in [2.75, 3.05) is 0 Å². The molecule has 0 spiro atoms. The number of phenolic OH excluding ortho intramolecular Hbond substituents is 4. The maximum Gasteiger partial charge on any atom is 0.315 e. The maximum atomic E-state index is 12.7. The molecule has 4 N–H and O–H groups in total. The van der Waals surface area contributed by atoms with Gasteiger partial charge < -0.3 is 34.6 Å². The Morgan fingerprint density at radius 3 is 1.50 bits per heavy atom. The second kappa shape index (κ2) is 10.7. The van der Waals surface area contributed by atoms with Crippen LogP contribution in [-0.2, 0) is 19.1 Å². The molecule has 0 saturated carbocycles. The fraction of sp³-hybridized carbons (Fsp3) is 0.192. The maximum absolute atomic E-state index is 12.7. The Balaban J connectivity index is 2.26. The van der Waals surface area contributed by atoms with Crippen molar-refractivity contribution < 1.29 is 49.0 Å². The second-order valence-electron chi connectivity index (χ2n) is 7.89. The molecule has 3 aromatic carbocycles. The lowest BCUT2D eigenvalue weighted by Crippen LogP contribution is -2.20. The third-order valence-electron chi connectivity index (χ3n) is 4.95. The number of rotatable bonds is 7. The van der Waals surface area contributed by atoms with Crippen molar-refractivity contribution in [1.29, 1.82) is 0 Å². The van der Waals surface area contributed by atoms with Crippen LogP contribution in [0.3, 0.4) is 0 Å². The van der Waals surface area contributed by atoms with Gasteiger partial charge in [-0.3, -0.25) is 14.4 Å². The molecule has 3 aromatic rings. The highest BCUT2D eigenvalue weighted by atomic mass is 16.6. The van der Waals surface area contributed by atoms with E-state index in [-0.39, 0.29) is 40.2 Å². The first-order valence-corrected chi connectivity index (χ1v) is 10.7. The lowest BCUT2D eigenvalue weighted by molar-refractivity contribution is -0.149. The van der Waals surface area contributed by atoms with Crippen LogP contribution < -0.4 is 9.47 Å². The van der Waals surface area contributed by atoms with Crippen LogP contribution >= 0.6 is 0 Å². The van der Waals surface area contributed by atoms with Crippen molar-refractivity contribution in [2.24, 2.45) is 0 Å². The summed E-state index contributed by atoms with van der Waals surface area (Å²) in [6.07, 6.45) is -1.20. The minimum Gasteiger partial charge on any atom is -0.508 e. The zero-order valence-corrected chi connectivity index (χ0v) is 19.6. The van der Waals surface area contributed by atoms with Crippen LogP contribution in [0.2, 0.25) is 0 Å². The van der Waals surface area contributed by atoms with Crippen molar-refractivity contribution in [1.82, 2.24) is 0 Å². The zero-order valence-electron chi connectivity index (χ0n) is 19.6. The molecule has 10 nitrogen and oxygen atoms in total. The van der Waals surface area contributed by atoms with Crippen LogP contribution in [0.5, 0.6) is 34.5 Å². The Morgan fingerprint density at radius 2 is 1.11 bits per heavy atom. The molecule has 0 bridgehead atoms. The van der Waals surface area contributed by atoms with E-state index in [2.05, 4.69) is 0 Å². The summed E-state index contributed by atoms with van der Waals surface area (Å²) in [5.74, 6) is -4.61. The van der Waals surface area contributed by atoms with Crippen molar-refractivity contribution >= 4 is 17.9 Å². The Hall–Kier alpha value is -4.73. The molecule has 0 heterocycles. The van der Waals surface area contributed by atoms with Gasteiger partial charge in [-0.2, -0.15) is 0 Å². The predicted octanol–water partition coefficient (Wildman–Crippen LogP) is 4.02. The van der Waals surface area contributed by atoms with E-state index in [1.807, 2.05) is 0 Å². The van der Waals surface area contributed by atoms with E-state index in [4.69, 9.17) is 14.2 Å². The van der Waals surface area contributed by atoms with E-state index in [0.717, 1.165) is 6.92 Å². The molecule has 0 aliphatic rings. The minimum absolute atomic E-state index is 0.0803. The summed E-state index contributed by atoms with van der Waals surface area (Å²) in [4.78, 5) is 35.7. The third kappa shape index (κ3) is 5.84. The summed E-state index contributed by atoms with van der Waals surface area (Å²) in [6.45, 7) is 3.76. The summed E-state index contributed by atoms with van der Waals surface area (Å²) in [7, 11) is 0. The molecule has 0 radical (unpaired) electrons. The van der Waals surface area contributed by atoms with Gasteiger partial charge in [0, 0.05) is 13.8 Å². The molecule has 0 saturated heterocycles. The number of ether oxygens (including phenoxy) is 3. The molecule has 10 heteroatoms. The molecule has 188 valence electrons. The van der Waals surface area contributed by atoms with Crippen molar-refractivity contribution in [3.63, 3.8) is 0 Å². The molecule has 1 atom stereocenters. The molecule has 0 aliphatic carbocycles. The zero-order chi connectivity index (χ0) is 26.6. The molecular weight excluding hydrogens is 472 g/mol. The Labute approximate surface area is 205 Å². The predicted molar refractivity (Wildman–Crippen MR) is 127 cm³/mol. The summed E-state index contributed by atoms with van der Waals surface area (Å²) in [5.41, 5.74) is 0.0580. The van der Waals surface area contributed by atoms with Crippen molar-refractivity contribution in [2.45, 2.75) is 33.3 Å².